The van der Waals surface area contributed by atoms with Gasteiger partial charge >= 0.3 is 0 Å². The number of carbonyl (C=O) groups excluding carboxylic acids is 2. The molecule has 0 aliphatic rings. The van der Waals surface area contributed by atoms with E-state index in [2.05, 4.69) is 15.4 Å². The summed E-state index contributed by atoms with van der Waals surface area (Å²) in [6, 6.07) is 19.6. The first-order valence-electron chi connectivity index (χ1n) is 14.2. The fraction of sp³-hybridized carbons (Fsp3) is 0.312. The van der Waals surface area contributed by atoms with E-state index in [9.17, 15) is 18.0 Å². The maximum atomic E-state index is 13.6. The quantitative estimate of drug-likeness (QED) is 0.0972. The van der Waals surface area contributed by atoms with Crippen LogP contribution in [0.15, 0.2) is 78.9 Å². The number of ether oxygens (including phenoxy) is 1. The Morgan fingerprint density at radius 3 is 1.82 bits per heavy atom. The van der Waals surface area contributed by atoms with Crippen LogP contribution in [0.1, 0.15) is 48.6 Å². The van der Waals surface area contributed by atoms with Gasteiger partial charge in [0, 0.05) is 24.1 Å². The average molecular weight is 636 g/mol. The molecule has 2 atom stereocenters. The molecule has 0 saturated heterocycles. The van der Waals surface area contributed by atoms with Gasteiger partial charge in [-0.05, 0) is 37.5 Å². The fourth-order valence-corrected chi connectivity index (χ4v) is 5.52. The number of nitrogens with two attached hydrogens (primary N) is 2. The zero-order valence-corrected chi connectivity index (χ0v) is 26.4. The van der Waals surface area contributed by atoms with Gasteiger partial charge in [0.1, 0.15) is 23.8 Å². The van der Waals surface area contributed by atoms with Crippen LogP contribution in [0.25, 0.3) is 0 Å². The second kappa shape index (κ2) is 15.4. The Bertz CT molecular complexity index is 1590. The molecule has 0 spiro atoms. The molecule has 3 rings (SSSR count). The first-order valence-corrected chi connectivity index (χ1v) is 15.9. The number of benzene rings is 3. The lowest BCUT2D eigenvalue weighted by atomic mass is 10.0. The molecule has 3 aromatic carbocycles. The Kier molecular flexibility index (Phi) is 12.0. The van der Waals surface area contributed by atoms with E-state index in [1.165, 1.54) is 0 Å². The van der Waals surface area contributed by atoms with E-state index in [1.54, 1.807) is 99.6 Å². The highest BCUT2D eigenvalue weighted by atomic mass is 32.2. The third kappa shape index (κ3) is 11.8. The van der Waals surface area contributed by atoms with Crippen molar-refractivity contribution in [2.24, 2.45) is 11.5 Å². The van der Waals surface area contributed by atoms with Crippen LogP contribution in [0.3, 0.4) is 0 Å². The smallest absolute Gasteiger partial charge is 0.243 e. The second-order valence-electron chi connectivity index (χ2n) is 11.5. The van der Waals surface area contributed by atoms with Crippen LogP contribution in [0.2, 0.25) is 0 Å². The standard InChI is InChI=1S/C32H41N7O5S/c1-32(2,3)44-19-27(39-45(42,43)20-23-7-5-4-6-8-23)31(41)38-26(17-21-9-13-24(14-10-21)28(33)34)30(40)37-18-22-11-15-25(16-12-22)29(35)36/h4-16,26-27,39H,17-20H2,1-3H3,(H3,33,34)(H3,35,36)(H,37,40)(H,38,41). The van der Waals surface area contributed by atoms with Crippen molar-refractivity contribution in [1.82, 2.24) is 15.4 Å². The molecular weight excluding hydrogens is 594 g/mol. The van der Waals surface area contributed by atoms with Crippen molar-refractivity contribution >= 4 is 33.5 Å². The van der Waals surface area contributed by atoms with Crippen LogP contribution >= 0.6 is 0 Å². The minimum absolute atomic E-state index is 0.0721. The summed E-state index contributed by atoms with van der Waals surface area (Å²) in [5.74, 6) is -1.76. The summed E-state index contributed by atoms with van der Waals surface area (Å²) in [5, 5.41) is 20.7. The maximum absolute atomic E-state index is 13.6. The first kappa shape index (κ1) is 34.9. The summed E-state index contributed by atoms with van der Waals surface area (Å²) >= 11 is 0. The summed E-state index contributed by atoms with van der Waals surface area (Å²) in [7, 11) is -3.98. The normalized spacial score (nSPS) is 13.0. The fourth-order valence-electron chi connectivity index (χ4n) is 4.20. The van der Waals surface area contributed by atoms with Crippen molar-refractivity contribution in [3.8, 4) is 0 Å². The van der Waals surface area contributed by atoms with Gasteiger partial charge in [0.2, 0.25) is 21.8 Å². The van der Waals surface area contributed by atoms with Crippen molar-refractivity contribution in [2.75, 3.05) is 6.61 Å². The van der Waals surface area contributed by atoms with E-state index in [0.29, 0.717) is 22.3 Å². The Morgan fingerprint density at radius 1 is 0.778 bits per heavy atom. The molecule has 3 aromatic rings. The van der Waals surface area contributed by atoms with Crippen LogP contribution in [0.5, 0.6) is 0 Å². The minimum atomic E-state index is -3.98. The number of rotatable bonds is 15. The molecule has 2 amide bonds. The van der Waals surface area contributed by atoms with Gasteiger partial charge in [-0.15, -0.1) is 0 Å². The molecule has 45 heavy (non-hydrogen) atoms. The van der Waals surface area contributed by atoms with Crippen molar-refractivity contribution in [1.29, 1.82) is 10.8 Å². The van der Waals surface area contributed by atoms with E-state index < -0.39 is 39.5 Å². The van der Waals surface area contributed by atoms with E-state index in [1.807, 2.05) is 0 Å². The van der Waals surface area contributed by atoms with E-state index in [0.717, 1.165) is 5.56 Å². The molecule has 2 unspecified atom stereocenters. The minimum Gasteiger partial charge on any atom is -0.384 e. The molecule has 0 saturated carbocycles. The molecule has 0 heterocycles. The number of carbonyl (C=O) groups is 2. The Labute approximate surface area is 264 Å². The molecule has 0 aromatic heterocycles. The molecule has 0 radical (unpaired) electrons. The summed E-state index contributed by atoms with van der Waals surface area (Å²) in [5.41, 5.74) is 13.4. The number of sulfonamides is 1. The highest BCUT2D eigenvalue weighted by Crippen LogP contribution is 2.12. The zero-order chi connectivity index (χ0) is 33.2. The molecule has 0 fully saturated rings. The molecule has 0 aliphatic carbocycles. The van der Waals surface area contributed by atoms with Gasteiger partial charge in [0.25, 0.3) is 0 Å². The topological polar surface area (TPSA) is 213 Å². The Hall–Kier alpha value is -4.59. The van der Waals surface area contributed by atoms with Gasteiger partial charge < -0.3 is 26.8 Å². The molecule has 0 aliphatic heterocycles. The lowest BCUT2D eigenvalue weighted by molar-refractivity contribution is -0.131. The monoisotopic (exact) mass is 635 g/mol. The summed E-state index contributed by atoms with van der Waals surface area (Å²) in [6.45, 7) is 5.21. The zero-order valence-electron chi connectivity index (χ0n) is 25.6. The lowest BCUT2D eigenvalue weighted by Crippen LogP contribution is -2.56. The molecule has 9 N–H and O–H groups in total. The third-order valence-electron chi connectivity index (χ3n) is 6.59. The van der Waals surface area contributed by atoms with Crippen molar-refractivity contribution < 1.29 is 22.7 Å². The number of nitrogen functional groups attached to an aromatic ring is 2. The van der Waals surface area contributed by atoms with Crippen LogP contribution < -0.4 is 26.8 Å². The molecule has 0 bridgehead atoms. The first-order chi connectivity index (χ1) is 21.1. The lowest BCUT2D eigenvalue weighted by Gasteiger charge is -2.26. The van der Waals surface area contributed by atoms with Crippen molar-refractivity contribution in [3.63, 3.8) is 0 Å². The largest absolute Gasteiger partial charge is 0.384 e. The van der Waals surface area contributed by atoms with Crippen LogP contribution in [0, 0.1) is 10.8 Å². The van der Waals surface area contributed by atoms with E-state index >= 15 is 0 Å². The molecule has 12 nitrogen and oxygen atoms in total. The van der Waals surface area contributed by atoms with Crippen molar-refractivity contribution in [2.45, 2.75) is 57.2 Å². The van der Waals surface area contributed by atoms with Crippen LogP contribution in [0.4, 0.5) is 0 Å². The number of nitrogens with one attached hydrogen (secondary N) is 5. The Morgan fingerprint density at radius 2 is 1.31 bits per heavy atom. The van der Waals surface area contributed by atoms with Gasteiger partial charge in [0.15, 0.2) is 0 Å². The number of amides is 2. The van der Waals surface area contributed by atoms with Crippen LogP contribution in [-0.4, -0.2) is 56.2 Å². The van der Waals surface area contributed by atoms with Gasteiger partial charge in [-0.1, -0.05) is 78.9 Å². The predicted octanol–water partition coefficient (Wildman–Crippen LogP) is 1.90. The van der Waals surface area contributed by atoms with Crippen LogP contribution in [-0.2, 0) is 43.1 Å². The maximum Gasteiger partial charge on any atom is 0.243 e. The molecule has 13 heteroatoms. The Balaban J connectivity index is 1.83. The number of amidine groups is 2. The van der Waals surface area contributed by atoms with Crippen molar-refractivity contribution in [3.05, 3.63) is 107 Å². The van der Waals surface area contributed by atoms with Gasteiger partial charge in [0.05, 0.1) is 18.0 Å². The van der Waals surface area contributed by atoms with Gasteiger partial charge in [-0.2, -0.15) is 0 Å². The molecule has 240 valence electrons. The summed E-state index contributed by atoms with van der Waals surface area (Å²) in [6.07, 6.45) is 0.0721. The SMILES string of the molecule is CC(C)(C)OCC(NS(=O)(=O)Cc1ccccc1)C(=O)NC(Cc1ccc(C(=N)N)cc1)C(=O)NCc1ccc(C(=N)N)cc1. The number of hydrogen-bond donors (Lipinski definition) is 7. The van der Waals surface area contributed by atoms with Gasteiger partial charge in [-0.3, -0.25) is 20.4 Å². The third-order valence-corrected chi connectivity index (χ3v) is 7.95. The number of hydrogen-bond acceptors (Lipinski definition) is 7. The molecular formula is C32H41N7O5S. The predicted molar refractivity (Wildman–Crippen MR) is 174 cm³/mol. The van der Waals surface area contributed by atoms with E-state index in [4.69, 9.17) is 27.0 Å². The highest BCUT2D eigenvalue weighted by Gasteiger charge is 2.30. The average Bonchev–Trinajstić information content (AvgIpc) is 2.98. The van der Waals surface area contributed by atoms with Gasteiger partial charge in [-0.25, -0.2) is 13.1 Å². The highest BCUT2D eigenvalue weighted by molar-refractivity contribution is 7.88. The summed E-state index contributed by atoms with van der Waals surface area (Å²) < 4.78 is 34.4. The summed E-state index contributed by atoms with van der Waals surface area (Å²) in [4.78, 5) is 27.1. The second-order valence-corrected chi connectivity index (χ2v) is 13.3. The van der Waals surface area contributed by atoms with E-state index in [-0.39, 0.29) is 37.0 Å².